The molecule has 1 unspecified atom stereocenters. The number of ether oxygens (including phenoxy) is 3. The summed E-state index contributed by atoms with van der Waals surface area (Å²) in [7, 11) is 1.47. The molecule has 31 heavy (non-hydrogen) atoms. The van der Waals surface area contributed by atoms with Crippen LogP contribution in [0.5, 0.6) is 5.75 Å². The quantitative estimate of drug-likeness (QED) is 0.625. The van der Waals surface area contributed by atoms with Gasteiger partial charge < -0.3 is 29.7 Å². The average molecular weight is 430 g/mol. The highest BCUT2D eigenvalue weighted by atomic mass is 16.7. The van der Waals surface area contributed by atoms with Crippen molar-refractivity contribution in [2.45, 2.75) is 57.4 Å². The first-order chi connectivity index (χ1) is 14.7. The monoisotopic (exact) mass is 429 g/mol. The molecule has 1 aliphatic heterocycles. The number of carbonyl (C=O) groups is 1. The zero-order valence-electron chi connectivity index (χ0n) is 18.4. The molecule has 7 heteroatoms. The van der Waals surface area contributed by atoms with E-state index in [2.05, 4.69) is 5.32 Å². The highest BCUT2D eigenvalue weighted by Crippen LogP contribution is 2.34. The van der Waals surface area contributed by atoms with Gasteiger partial charge in [0, 0.05) is 20.6 Å². The molecule has 3 N–H and O–H groups in total. The smallest absolute Gasteiger partial charge is 0.229 e. The number of carbonyl (C=O) groups excluding carboxylic acids is 1. The molecule has 1 saturated heterocycles. The minimum atomic E-state index is -1.27. The van der Waals surface area contributed by atoms with Gasteiger partial charge in [-0.25, -0.2) is 0 Å². The summed E-state index contributed by atoms with van der Waals surface area (Å²) < 4.78 is 17.2. The summed E-state index contributed by atoms with van der Waals surface area (Å²) >= 11 is 0. The number of methoxy groups -OCH3 is 1. The number of hydrogen-bond acceptors (Lipinski definition) is 6. The van der Waals surface area contributed by atoms with Crippen LogP contribution in [0.25, 0.3) is 11.1 Å². The van der Waals surface area contributed by atoms with Crippen molar-refractivity contribution in [3.05, 3.63) is 54.1 Å². The maximum Gasteiger partial charge on any atom is 0.229 e. The molecular weight excluding hydrogens is 398 g/mol. The van der Waals surface area contributed by atoms with Crippen molar-refractivity contribution in [1.82, 2.24) is 5.32 Å². The number of benzene rings is 2. The van der Waals surface area contributed by atoms with Crippen LogP contribution in [0.1, 0.15) is 26.3 Å². The van der Waals surface area contributed by atoms with Gasteiger partial charge in [0.25, 0.3) is 0 Å². The van der Waals surface area contributed by atoms with Crippen LogP contribution in [0.4, 0.5) is 0 Å². The largest absolute Gasteiger partial charge is 0.462 e. The Balaban J connectivity index is 1.86. The Hall–Kier alpha value is -2.45. The molecular formula is C24H31NO6. The van der Waals surface area contributed by atoms with Gasteiger partial charge in [0.05, 0.1) is 5.60 Å². The highest BCUT2D eigenvalue weighted by Gasteiger charge is 2.50. The van der Waals surface area contributed by atoms with E-state index in [1.54, 1.807) is 19.9 Å². The molecule has 0 aromatic heterocycles. The van der Waals surface area contributed by atoms with Gasteiger partial charge in [-0.1, -0.05) is 36.4 Å². The van der Waals surface area contributed by atoms with E-state index in [1.807, 2.05) is 42.5 Å². The third kappa shape index (κ3) is 5.43. The number of aliphatic hydroxyl groups is 2. The van der Waals surface area contributed by atoms with Gasteiger partial charge in [0.15, 0.2) is 0 Å². The minimum Gasteiger partial charge on any atom is -0.462 e. The van der Waals surface area contributed by atoms with Crippen molar-refractivity contribution < 1.29 is 29.2 Å². The normalized spacial score (nSPS) is 25.1. The molecule has 1 fully saturated rings. The molecule has 0 radical (unpaired) electrons. The highest BCUT2D eigenvalue weighted by molar-refractivity contribution is 5.73. The first-order valence-corrected chi connectivity index (χ1v) is 10.4. The van der Waals surface area contributed by atoms with Crippen LogP contribution in [0.3, 0.4) is 0 Å². The van der Waals surface area contributed by atoms with E-state index in [0.29, 0.717) is 18.7 Å². The van der Waals surface area contributed by atoms with Crippen molar-refractivity contribution >= 4 is 5.91 Å². The average Bonchev–Trinajstić information content (AvgIpc) is 2.73. The fourth-order valence-electron chi connectivity index (χ4n) is 3.95. The first kappa shape index (κ1) is 23.2. The van der Waals surface area contributed by atoms with Gasteiger partial charge in [0.1, 0.15) is 24.1 Å². The predicted octanol–water partition coefficient (Wildman–Crippen LogP) is 2.28. The Morgan fingerprint density at radius 3 is 2.48 bits per heavy atom. The first-order valence-electron chi connectivity index (χ1n) is 10.4. The summed E-state index contributed by atoms with van der Waals surface area (Å²) in [5.41, 5.74) is 2.18. The van der Waals surface area contributed by atoms with Crippen LogP contribution in [0, 0.1) is 0 Å². The Morgan fingerprint density at radius 1 is 1.13 bits per heavy atom. The maximum absolute atomic E-state index is 11.2. The Labute approximate surface area is 183 Å². The number of aliphatic hydroxyl groups excluding tert-OH is 2. The Bertz CT molecular complexity index is 885. The van der Waals surface area contributed by atoms with E-state index >= 15 is 0 Å². The molecule has 2 aromatic carbocycles. The maximum atomic E-state index is 11.2. The standard InChI is InChI=1S/C24H31NO6/c1-15(26)25-13-12-17-10-11-18(14-19(17)16-8-6-5-7-9-16)30-23-21(28)20(27)22(29-4)24(2,3)31-23/h5-11,14,20-23,27-28H,12-13H2,1-4H3,(H,25,26)/t20-,21-,22+,23?/m0/s1. The summed E-state index contributed by atoms with van der Waals surface area (Å²) in [5, 5.41) is 23.8. The third-order valence-corrected chi connectivity index (χ3v) is 5.48. The lowest BCUT2D eigenvalue weighted by Gasteiger charge is -2.46. The van der Waals surface area contributed by atoms with Crippen LogP contribution < -0.4 is 10.1 Å². The summed E-state index contributed by atoms with van der Waals surface area (Å²) in [6.45, 7) is 5.59. The van der Waals surface area contributed by atoms with Crippen molar-refractivity contribution in [2.24, 2.45) is 0 Å². The van der Waals surface area contributed by atoms with E-state index in [1.165, 1.54) is 14.0 Å². The molecule has 1 heterocycles. The SMILES string of the molecule is CO[C@@H]1[C@@H](O)[C@H](O)C(Oc2ccc(CCNC(C)=O)c(-c3ccccc3)c2)OC1(C)C. The molecule has 0 spiro atoms. The van der Waals surface area contributed by atoms with Crippen molar-refractivity contribution in [1.29, 1.82) is 0 Å². The topological polar surface area (TPSA) is 97.3 Å². The van der Waals surface area contributed by atoms with Crippen molar-refractivity contribution in [2.75, 3.05) is 13.7 Å². The van der Waals surface area contributed by atoms with Gasteiger partial charge in [0.2, 0.25) is 12.2 Å². The van der Waals surface area contributed by atoms with Crippen LogP contribution in [-0.2, 0) is 20.7 Å². The lowest BCUT2D eigenvalue weighted by molar-refractivity contribution is -0.305. The van der Waals surface area contributed by atoms with Crippen molar-refractivity contribution in [3.8, 4) is 16.9 Å². The second-order valence-corrected chi connectivity index (χ2v) is 8.26. The van der Waals surface area contributed by atoms with Gasteiger partial charge in [-0.05, 0) is 49.1 Å². The molecule has 4 atom stereocenters. The van der Waals surface area contributed by atoms with Gasteiger partial charge in [-0.2, -0.15) is 0 Å². The molecule has 2 aromatic rings. The minimum absolute atomic E-state index is 0.0693. The van der Waals surface area contributed by atoms with E-state index in [-0.39, 0.29) is 5.91 Å². The summed E-state index contributed by atoms with van der Waals surface area (Å²) in [4.78, 5) is 11.2. The fraction of sp³-hybridized carbons (Fsp3) is 0.458. The lowest BCUT2D eigenvalue weighted by Crippen LogP contribution is -2.63. The zero-order chi connectivity index (χ0) is 22.6. The van der Waals surface area contributed by atoms with Gasteiger partial charge in [-0.3, -0.25) is 4.79 Å². The lowest BCUT2D eigenvalue weighted by atomic mass is 9.89. The van der Waals surface area contributed by atoms with Crippen LogP contribution in [-0.4, -0.2) is 60.0 Å². The van der Waals surface area contributed by atoms with Gasteiger partial charge >= 0.3 is 0 Å². The summed E-state index contributed by atoms with van der Waals surface area (Å²) in [6.07, 6.45) is -3.49. The second-order valence-electron chi connectivity index (χ2n) is 8.26. The predicted molar refractivity (Wildman–Crippen MR) is 117 cm³/mol. The Morgan fingerprint density at radius 2 is 1.84 bits per heavy atom. The van der Waals surface area contributed by atoms with E-state index < -0.39 is 30.2 Å². The molecule has 3 rings (SSSR count). The van der Waals surface area contributed by atoms with E-state index in [9.17, 15) is 15.0 Å². The molecule has 168 valence electrons. The van der Waals surface area contributed by atoms with Crippen LogP contribution in [0.15, 0.2) is 48.5 Å². The van der Waals surface area contributed by atoms with E-state index in [4.69, 9.17) is 14.2 Å². The molecule has 7 nitrogen and oxygen atoms in total. The summed E-state index contributed by atoms with van der Waals surface area (Å²) in [5.74, 6) is 0.435. The molecule has 0 saturated carbocycles. The second kappa shape index (κ2) is 9.78. The van der Waals surface area contributed by atoms with Crippen LogP contribution in [0.2, 0.25) is 0 Å². The molecule has 1 aliphatic rings. The number of hydrogen-bond donors (Lipinski definition) is 3. The zero-order valence-corrected chi connectivity index (χ0v) is 18.4. The fourth-order valence-corrected chi connectivity index (χ4v) is 3.95. The molecule has 0 bridgehead atoms. The van der Waals surface area contributed by atoms with Crippen molar-refractivity contribution in [3.63, 3.8) is 0 Å². The third-order valence-electron chi connectivity index (χ3n) is 5.48. The van der Waals surface area contributed by atoms with Crippen LogP contribution >= 0.6 is 0 Å². The molecule has 1 amide bonds. The number of nitrogens with one attached hydrogen (secondary N) is 1. The number of rotatable bonds is 7. The number of amides is 1. The van der Waals surface area contributed by atoms with Gasteiger partial charge in [-0.15, -0.1) is 0 Å². The summed E-state index contributed by atoms with van der Waals surface area (Å²) in [6, 6.07) is 15.5. The van der Waals surface area contributed by atoms with E-state index in [0.717, 1.165) is 16.7 Å². The Kier molecular flexibility index (Phi) is 7.33. The molecule has 0 aliphatic carbocycles.